The van der Waals surface area contributed by atoms with E-state index in [0.29, 0.717) is 0 Å². The quantitative estimate of drug-likeness (QED) is 0.464. The van der Waals surface area contributed by atoms with Crippen molar-refractivity contribution in [1.82, 2.24) is 0 Å². The Labute approximate surface area is 107 Å². The second kappa shape index (κ2) is 4.90. The van der Waals surface area contributed by atoms with Gasteiger partial charge in [-0.15, -0.1) is 0 Å². The molecule has 0 bridgehead atoms. The van der Waals surface area contributed by atoms with E-state index in [4.69, 9.17) is 3.07 Å². The summed E-state index contributed by atoms with van der Waals surface area (Å²) in [6.07, 6.45) is 0. The lowest BCUT2D eigenvalue weighted by atomic mass is 10.3. The number of anilines is 1. The Morgan fingerprint density at radius 3 is 2.00 bits per heavy atom. The van der Waals surface area contributed by atoms with Crippen molar-refractivity contribution in [3.8, 4) is 5.75 Å². The lowest BCUT2D eigenvalue weighted by Crippen LogP contribution is -1.87. The van der Waals surface area contributed by atoms with Crippen LogP contribution in [-0.2, 0) is 0 Å². The number of rotatable bonds is 2. The molecule has 0 saturated heterocycles. The smallest absolute Gasteiger partial charge is 0.192 e. The predicted molar refractivity (Wildman–Crippen MR) is 71.6 cm³/mol. The van der Waals surface area contributed by atoms with Crippen molar-refractivity contribution in [3.05, 3.63) is 24.3 Å². The maximum Gasteiger partial charge on any atom is 0.192 e. The van der Waals surface area contributed by atoms with Gasteiger partial charge in [0.05, 0.1) is 51.4 Å². The Morgan fingerprint density at radius 2 is 1.64 bits per heavy atom. The summed E-state index contributed by atoms with van der Waals surface area (Å²) >= 11 is 6.28. The van der Waals surface area contributed by atoms with Gasteiger partial charge in [0.2, 0.25) is 0 Å². The first-order chi connectivity index (χ1) is 5.24. The Morgan fingerprint density at radius 1 is 1.09 bits per heavy atom. The fraction of sp³-hybridized carbons (Fsp3) is 0. The summed E-state index contributed by atoms with van der Waals surface area (Å²) in [5, 5.41) is 0. The van der Waals surface area contributed by atoms with E-state index in [0.717, 1.165) is 11.4 Å². The molecule has 1 aromatic rings. The van der Waals surface area contributed by atoms with Crippen molar-refractivity contribution >= 4 is 74.4 Å². The summed E-state index contributed by atoms with van der Waals surface area (Å²) in [6, 6.07) is 7.89. The molecule has 60 valence electrons. The van der Waals surface area contributed by atoms with Gasteiger partial charge in [-0.3, -0.25) is 1.33 Å². The highest BCUT2D eigenvalue weighted by atomic mass is 127. The minimum atomic E-state index is 0.879. The second-order valence-electron chi connectivity index (χ2n) is 1.80. The summed E-state index contributed by atoms with van der Waals surface area (Å²) in [7, 11) is 0. The van der Waals surface area contributed by atoms with E-state index in [1.807, 2.05) is 48.6 Å². The lowest BCUT2D eigenvalue weighted by Gasteiger charge is -2.06. The van der Waals surface area contributed by atoms with Crippen molar-refractivity contribution in [2.24, 2.45) is 0 Å². The molecule has 0 saturated carbocycles. The Kier molecular flexibility index (Phi) is 4.49. The van der Waals surface area contributed by atoms with Crippen LogP contribution in [0.25, 0.3) is 0 Å². The predicted octanol–water partition coefficient (Wildman–Crippen LogP) is 3.92. The molecule has 0 aromatic heterocycles. The highest BCUT2D eigenvalue weighted by Gasteiger charge is 1.97. The molecule has 2 nitrogen and oxygen atoms in total. The number of hydrogen-bond donors (Lipinski definition) is 0. The topological polar surface area (TPSA) is 12.5 Å². The lowest BCUT2D eigenvalue weighted by molar-refractivity contribution is 0.717. The molecule has 0 N–H and O–H groups in total. The van der Waals surface area contributed by atoms with E-state index >= 15 is 0 Å². The molecule has 1 aromatic carbocycles. The van der Waals surface area contributed by atoms with Gasteiger partial charge < -0.3 is 3.07 Å². The maximum absolute atomic E-state index is 5.00. The van der Waals surface area contributed by atoms with Gasteiger partial charge in [0.25, 0.3) is 0 Å². The van der Waals surface area contributed by atoms with Gasteiger partial charge in [-0.1, -0.05) is 0 Å². The van der Waals surface area contributed by atoms with Gasteiger partial charge in [-0.25, -0.2) is 0 Å². The summed E-state index contributed by atoms with van der Waals surface area (Å²) in [5.41, 5.74) is 1.16. The average molecular weight is 487 g/mol. The van der Waals surface area contributed by atoms with E-state index in [-0.39, 0.29) is 0 Å². The third-order valence-corrected chi connectivity index (χ3v) is 2.74. The first kappa shape index (κ1) is 10.1. The molecule has 0 aliphatic heterocycles. The van der Waals surface area contributed by atoms with Crippen LogP contribution in [0.3, 0.4) is 0 Å². The van der Waals surface area contributed by atoms with Crippen molar-refractivity contribution in [2.45, 2.75) is 0 Å². The van der Waals surface area contributed by atoms with Crippen LogP contribution in [0.5, 0.6) is 5.75 Å². The normalized spacial score (nSPS) is 9.36. The van der Waals surface area contributed by atoms with Crippen LogP contribution >= 0.6 is 68.7 Å². The van der Waals surface area contributed by atoms with Gasteiger partial charge >= 0.3 is 0 Å². The van der Waals surface area contributed by atoms with Gasteiger partial charge in [0, 0.05) is 0 Å². The van der Waals surface area contributed by atoms with E-state index in [1.165, 1.54) is 0 Å². The van der Waals surface area contributed by atoms with Crippen LogP contribution < -0.4 is 4.39 Å². The maximum atomic E-state index is 5.00. The van der Waals surface area contributed by atoms with E-state index in [2.05, 4.69) is 45.7 Å². The first-order valence-corrected chi connectivity index (χ1v) is 5.55. The summed E-state index contributed by atoms with van der Waals surface area (Å²) in [6.45, 7) is 0. The molecular formula is C6H4I3NO. The summed E-state index contributed by atoms with van der Waals surface area (Å²) in [5.74, 6) is 0.879. The molecule has 1 rings (SSSR count). The minimum absolute atomic E-state index is 0.879. The van der Waals surface area contributed by atoms with Gasteiger partial charge in [0.15, 0.2) is 23.0 Å². The van der Waals surface area contributed by atoms with Crippen LogP contribution in [0.15, 0.2) is 24.3 Å². The molecule has 0 aliphatic carbocycles. The Bertz CT molecular complexity index is 224. The molecule has 0 spiro atoms. The van der Waals surface area contributed by atoms with E-state index < -0.39 is 0 Å². The fourth-order valence-corrected chi connectivity index (χ4v) is 1.55. The monoisotopic (exact) mass is 487 g/mol. The molecule has 11 heavy (non-hydrogen) atoms. The summed E-state index contributed by atoms with van der Waals surface area (Å²) < 4.78 is 6.99. The Balaban J connectivity index is 2.83. The molecule has 0 aliphatic rings. The van der Waals surface area contributed by atoms with Gasteiger partial charge in [-0.2, -0.15) is 0 Å². The van der Waals surface area contributed by atoms with E-state index in [1.54, 1.807) is 0 Å². The van der Waals surface area contributed by atoms with Crippen LogP contribution in [0.4, 0.5) is 5.69 Å². The van der Waals surface area contributed by atoms with Crippen LogP contribution in [0.2, 0.25) is 0 Å². The molecule has 0 atom stereocenters. The number of halogens is 3. The average Bonchev–Trinajstić information content (AvgIpc) is 2.05. The third kappa shape index (κ3) is 3.09. The standard InChI is InChI=1S/C6H4I3NO/c7-10(8)5-1-3-6(11-9)4-2-5/h1-4H. The van der Waals surface area contributed by atoms with Crippen molar-refractivity contribution < 1.29 is 3.07 Å². The van der Waals surface area contributed by atoms with Crippen LogP contribution in [0, 0.1) is 0 Å². The zero-order valence-electron chi connectivity index (χ0n) is 5.30. The highest BCUT2D eigenvalue weighted by Crippen LogP contribution is 2.25. The molecule has 0 fully saturated rings. The highest BCUT2D eigenvalue weighted by molar-refractivity contribution is 14.2. The zero-order valence-corrected chi connectivity index (χ0v) is 11.8. The first-order valence-electron chi connectivity index (χ1n) is 2.74. The number of benzene rings is 1. The fourth-order valence-electron chi connectivity index (χ4n) is 0.610. The molecule has 0 heterocycles. The van der Waals surface area contributed by atoms with Crippen LogP contribution in [0.1, 0.15) is 0 Å². The largest absolute Gasteiger partial charge is 0.428 e. The number of nitrogens with zero attached hydrogens (tertiary/aromatic N) is 1. The molecular weight excluding hydrogens is 483 g/mol. The molecule has 5 heteroatoms. The SMILES string of the molecule is IOc1ccc(N(I)I)cc1. The Hall–Kier alpha value is 1.01. The zero-order chi connectivity index (χ0) is 8.27. The minimum Gasteiger partial charge on any atom is -0.428 e. The van der Waals surface area contributed by atoms with E-state index in [9.17, 15) is 0 Å². The second-order valence-corrected chi connectivity index (χ2v) is 6.02. The third-order valence-electron chi connectivity index (χ3n) is 1.12. The van der Waals surface area contributed by atoms with Crippen LogP contribution in [-0.4, -0.2) is 0 Å². The molecule has 0 unspecified atom stereocenters. The summed E-state index contributed by atoms with van der Waals surface area (Å²) in [4.78, 5) is 0. The molecule has 0 amide bonds. The van der Waals surface area contributed by atoms with Gasteiger partial charge in [-0.05, 0) is 24.3 Å². The van der Waals surface area contributed by atoms with Crippen molar-refractivity contribution in [1.29, 1.82) is 0 Å². The van der Waals surface area contributed by atoms with Gasteiger partial charge in [0.1, 0.15) is 5.75 Å². The molecule has 0 radical (unpaired) electrons. The van der Waals surface area contributed by atoms with Crippen molar-refractivity contribution in [2.75, 3.05) is 1.33 Å². The van der Waals surface area contributed by atoms with Crippen molar-refractivity contribution in [3.63, 3.8) is 0 Å². The number of hydrogen-bond acceptors (Lipinski definition) is 2.